The number of anilines is 1. The number of hydrogen-bond acceptors (Lipinski definition) is 6. The summed E-state index contributed by atoms with van der Waals surface area (Å²) in [6.45, 7) is 6.52. The Morgan fingerprint density at radius 2 is 2.10 bits per heavy atom. The van der Waals surface area contributed by atoms with Crippen LogP contribution in [0.1, 0.15) is 19.8 Å². The Kier molecular flexibility index (Phi) is 3.92. The molecule has 114 valence electrons. The minimum Gasteiger partial charge on any atom is -0.479 e. The summed E-state index contributed by atoms with van der Waals surface area (Å²) in [4.78, 5) is 15.2. The van der Waals surface area contributed by atoms with Gasteiger partial charge in [0.15, 0.2) is 11.2 Å². The van der Waals surface area contributed by atoms with E-state index < -0.39 is 0 Å². The number of fused-ring (bicyclic) bond motifs is 1. The van der Waals surface area contributed by atoms with Crippen molar-refractivity contribution >= 4 is 17.1 Å². The van der Waals surface area contributed by atoms with E-state index in [4.69, 9.17) is 10.5 Å². The van der Waals surface area contributed by atoms with Crippen molar-refractivity contribution in [2.45, 2.75) is 26.3 Å². The number of hydrogen-bond donors (Lipinski definition) is 1. The predicted octanol–water partition coefficient (Wildman–Crippen LogP) is 1.15. The van der Waals surface area contributed by atoms with Crippen LogP contribution in [0.3, 0.4) is 0 Å². The standard InChI is InChI=1S/C14H22N6O/c1-3-19-6-4-10(5-7-19)8-20-12-11(18-14(20)15)13(21-2)17-9-16-12/h9-10H,3-8H2,1-2H3,(H2,15,18). The number of imidazole rings is 1. The Morgan fingerprint density at radius 1 is 1.33 bits per heavy atom. The number of methoxy groups -OCH3 is 1. The van der Waals surface area contributed by atoms with Gasteiger partial charge < -0.3 is 15.4 Å². The molecule has 0 radical (unpaired) electrons. The molecule has 0 aliphatic carbocycles. The van der Waals surface area contributed by atoms with Crippen LogP contribution in [-0.4, -0.2) is 51.2 Å². The largest absolute Gasteiger partial charge is 0.479 e. The van der Waals surface area contributed by atoms with Crippen molar-refractivity contribution in [3.05, 3.63) is 6.33 Å². The number of nitrogens with zero attached hydrogens (tertiary/aromatic N) is 5. The van der Waals surface area contributed by atoms with E-state index in [1.54, 1.807) is 7.11 Å². The summed E-state index contributed by atoms with van der Waals surface area (Å²) in [5, 5.41) is 0. The molecular weight excluding hydrogens is 268 g/mol. The number of rotatable bonds is 4. The third-order valence-electron chi connectivity index (χ3n) is 4.32. The molecule has 1 aliphatic rings. The molecule has 1 aliphatic heterocycles. The monoisotopic (exact) mass is 290 g/mol. The average Bonchev–Trinajstić information content (AvgIpc) is 2.84. The Morgan fingerprint density at radius 3 is 2.76 bits per heavy atom. The van der Waals surface area contributed by atoms with Gasteiger partial charge in [-0.2, -0.15) is 4.98 Å². The maximum absolute atomic E-state index is 6.07. The molecule has 7 nitrogen and oxygen atoms in total. The number of likely N-dealkylation sites (tertiary alicyclic amines) is 1. The number of piperidine rings is 1. The summed E-state index contributed by atoms with van der Waals surface area (Å²) < 4.78 is 7.22. The highest BCUT2D eigenvalue weighted by molar-refractivity contribution is 5.78. The first-order chi connectivity index (χ1) is 10.2. The van der Waals surface area contributed by atoms with Gasteiger partial charge in [-0.25, -0.2) is 9.97 Å². The van der Waals surface area contributed by atoms with E-state index in [-0.39, 0.29) is 0 Å². The fourth-order valence-corrected chi connectivity index (χ4v) is 3.01. The van der Waals surface area contributed by atoms with Gasteiger partial charge in [0.1, 0.15) is 6.33 Å². The van der Waals surface area contributed by atoms with E-state index in [2.05, 4.69) is 26.8 Å². The first kappa shape index (κ1) is 14.1. The van der Waals surface area contributed by atoms with Crippen LogP contribution < -0.4 is 10.5 Å². The van der Waals surface area contributed by atoms with E-state index in [1.165, 1.54) is 19.2 Å². The van der Waals surface area contributed by atoms with Crippen molar-refractivity contribution < 1.29 is 4.74 Å². The van der Waals surface area contributed by atoms with E-state index in [0.29, 0.717) is 23.3 Å². The lowest BCUT2D eigenvalue weighted by Crippen LogP contribution is -2.34. The molecular formula is C14H22N6O. The summed E-state index contributed by atoms with van der Waals surface area (Å²) >= 11 is 0. The lowest BCUT2D eigenvalue weighted by molar-refractivity contribution is 0.182. The number of aromatic nitrogens is 4. The molecule has 0 unspecified atom stereocenters. The first-order valence-corrected chi connectivity index (χ1v) is 7.46. The van der Waals surface area contributed by atoms with Gasteiger partial charge in [0.05, 0.1) is 7.11 Å². The minimum atomic E-state index is 0.478. The fraction of sp³-hybridized carbons (Fsp3) is 0.643. The molecule has 21 heavy (non-hydrogen) atoms. The topological polar surface area (TPSA) is 82.1 Å². The number of nitrogen functional groups attached to an aromatic ring is 1. The van der Waals surface area contributed by atoms with E-state index in [1.807, 2.05) is 4.57 Å². The molecule has 0 atom stereocenters. The average molecular weight is 290 g/mol. The summed E-state index contributed by atoms with van der Waals surface area (Å²) in [6, 6.07) is 0. The zero-order chi connectivity index (χ0) is 14.8. The lowest BCUT2D eigenvalue weighted by atomic mass is 9.97. The number of nitrogens with two attached hydrogens (primary N) is 1. The van der Waals surface area contributed by atoms with Crippen LogP contribution in [0, 0.1) is 5.92 Å². The van der Waals surface area contributed by atoms with E-state index >= 15 is 0 Å². The summed E-state index contributed by atoms with van der Waals surface area (Å²) in [5.74, 6) is 1.58. The molecule has 0 spiro atoms. The first-order valence-electron chi connectivity index (χ1n) is 7.46. The highest BCUT2D eigenvalue weighted by atomic mass is 16.5. The Bertz CT molecular complexity index is 617. The molecule has 0 aromatic carbocycles. The second kappa shape index (κ2) is 5.85. The van der Waals surface area contributed by atoms with Crippen molar-refractivity contribution in [2.24, 2.45) is 5.92 Å². The molecule has 0 amide bonds. The zero-order valence-corrected chi connectivity index (χ0v) is 12.6. The van der Waals surface area contributed by atoms with Crippen LogP contribution in [0.2, 0.25) is 0 Å². The quantitative estimate of drug-likeness (QED) is 0.909. The highest BCUT2D eigenvalue weighted by Gasteiger charge is 2.21. The molecule has 0 bridgehead atoms. The van der Waals surface area contributed by atoms with E-state index in [9.17, 15) is 0 Å². The summed E-state index contributed by atoms with van der Waals surface area (Å²) in [7, 11) is 1.58. The smallest absolute Gasteiger partial charge is 0.245 e. The third-order valence-corrected chi connectivity index (χ3v) is 4.32. The summed E-state index contributed by atoms with van der Waals surface area (Å²) in [5.41, 5.74) is 7.47. The lowest BCUT2D eigenvalue weighted by Gasteiger charge is -2.31. The maximum Gasteiger partial charge on any atom is 0.245 e. The molecule has 2 N–H and O–H groups in total. The normalized spacial score (nSPS) is 17.4. The molecule has 1 saturated heterocycles. The van der Waals surface area contributed by atoms with Crippen LogP contribution in [0.4, 0.5) is 5.95 Å². The van der Waals surface area contributed by atoms with Gasteiger partial charge in [0.2, 0.25) is 11.8 Å². The van der Waals surface area contributed by atoms with Gasteiger partial charge in [0, 0.05) is 6.54 Å². The van der Waals surface area contributed by atoms with Gasteiger partial charge in [-0.05, 0) is 38.4 Å². The third kappa shape index (κ3) is 2.65. The predicted molar refractivity (Wildman–Crippen MR) is 81.1 cm³/mol. The van der Waals surface area contributed by atoms with Gasteiger partial charge >= 0.3 is 0 Å². The van der Waals surface area contributed by atoms with Gasteiger partial charge in [-0.15, -0.1) is 0 Å². The van der Waals surface area contributed by atoms with Crippen LogP contribution in [0.15, 0.2) is 6.33 Å². The second-order valence-corrected chi connectivity index (χ2v) is 5.51. The highest BCUT2D eigenvalue weighted by Crippen LogP contribution is 2.26. The van der Waals surface area contributed by atoms with Crippen molar-refractivity contribution in [2.75, 3.05) is 32.5 Å². The molecule has 0 saturated carbocycles. The van der Waals surface area contributed by atoms with Crippen molar-refractivity contribution in [3.63, 3.8) is 0 Å². The molecule has 2 aromatic rings. The maximum atomic E-state index is 6.07. The second-order valence-electron chi connectivity index (χ2n) is 5.51. The molecule has 1 fully saturated rings. The van der Waals surface area contributed by atoms with Crippen LogP contribution >= 0.6 is 0 Å². The van der Waals surface area contributed by atoms with Crippen molar-refractivity contribution in [3.8, 4) is 5.88 Å². The Labute approximate surface area is 124 Å². The molecule has 2 aromatic heterocycles. The molecule has 3 rings (SSSR count). The fourth-order valence-electron chi connectivity index (χ4n) is 3.01. The van der Waals surface area contributed by atoms with Crippen LogP contribution in [-0.2, 0) is 6.54 Å². The zero-order valence-electron chi connectivity index (χ0n) is 12.6. The molecule has 3 heterocycles. The van der Waals surface area contributed by atoms with Crippen LogP contribution in [0.25, 0.3) is 11.2 Å². The Balaban J connectivity index is 1.83. The van der Waals surface area contributed by atoms with Crippen molar-refractivity contribution in [1.29, 1.82) is 0 Å². The molecule has 7 heteroatoms. The number of ether oxygens (including phenoxy) is 1. The van der Waals surface area contributed by atoms with Crippen molar-refractivity contribution in [1.82, 2.24) is 24.4 Å². The summed E-state index contributed by atoms with van der Waals surface area (Å²) in [6.07, 6.45) is 3.88. The Hall–Kier alpha value is -1.89. The van der Waals surface area contributed by atoms with Gasteiger partial charge in [-0.1, -0.05) is 6.92 Å². The SMILES string of the molecule is CCN1CCC(Cn2c(N)nc3c(OC)ncnc32)CC1. The van der Waals surface area contributed by atoms with Crippen LogP contribution in [0.5, 0.6) is 5.88 Å². The minimum absolute atomic E-state index is 0.478. The van der Waals surface area contributed by atoms with E-state index in [0.717, 1.165) is 31.8 Å². The van der Waals surface area contributed by atoms with Gasteiger partial charge in [0.25, 0.3) is 0 Å². The van der Waals surface area contributed by atoms with Gasteiger partial charge in [-0.3, -0.25) is 4.57 Å².